The van der Waals surface area contributed by atoms with Gasteiger partial charge in [0.1, 0.15) is 0 Å². The number of H-pyrrole nitrogens is 1. The number of hydrogen-bond donors (Lipinski definition) is 1. The number of benzene rings is 1. The summed E-state index contributed by atoms with van der Waals surface area (Å²) in [5.41, 5.74) is 0.621. The second-order valence-electron chi connectivity index (χ2n) is 3.84. The van der Waals surface area contributed by atoms with E-state index in [4.69, 9.17) is 0 Å². The van der Waals surface area contributed by atoms with Crippen molar-refractivity contribution < 1.29 is 13.2 Å². The van der Waals surface area contributed by atoms with E-state index in [-0.39, 0.29) is 5.69 Å². The van der Waals surface area contributed by atoms with Crippen molar-refractivity contribution in [1.29, 1.82) is 0 Å². The van der Waals surface area contributed by atoms with Crippen molar-refractivity contribution >= 4 is 0 Å². The highest BCUT2D eigenvalue weighted by Gasteiger charge is 2.34. The van der Waals surface area contributed by atoms with Crippen LogP contribution in [0, 0.1) is 6.92 Å². The molecule has 1 aromatic carbocycles. The summed E-state index contributed by atoms with van der Waals surface area (Å²) in [5, 5.41) is 0. The van der Waals surface area contributed by atoms with Gasteiger partial charge in [0, 0.05) is 11.6 Å². The third-order valence-electron chi connectivity index (χ3n) is 2.36. The smallest absolute Gasteiger partial charge is 0.303 e. The van der Waals surface area contributed by atoms with Gasteiger partial charge in [-0.25, -0.2) is 4.98 Å². The van der Waals surface area contributed by atoms with Crippen LogP contribution >= 0.6 is 0 Å². The van der Waals surface area contributed by atoms with Crippen molar-refractivity contribution in [2.45, 2.75) is 13.1 Å². The van der Waals surface area contributed by atoms with E-state index in [0.29, 0.717) is 5.56 Å². The molecule has 0 aliphatic carbocycles. The third kappa shape index (κ3) is 2.58. The quantitative estimate of drug-likeness (QED) is 0.850. The Morgan fingerprint density at radius 2 is 1.78 bits per heavy atom. The number of hydrogen-bond acceptors (Lipinski definition) is 2. The van der Waals surface area contributed by atoms with Crippen LogP contribution in [0.5, 0.6) is 0 Å². The highest BCUT2D eigenvalue weighted by Crippen LogP contribution is 2.26. The molecule has 18 heavy (non-hydrogen) atoms. The van der Waals surface area contributed by atoms with E-state index in [0.717, 1.165) is 11.6 Å². The molecule has 0 atom stereocenters. The summed E-state index contributed by atoms with van der Waals surface area (Å²) in [6, 6.07) is 7.77. The first-order valence-electron chi connectivity index (χ1n) is 5.12. The molecule has 1 N–H and O–H groups in total. The predicted octanol–water partition coefficient (Wildman–Crippen LogP) is 2.76. The molecule has 3 nitrogen and oxygen atoms in total. The van der Waals surface area contributed by atoms with Crippen LogP contribution in [0.2, 0.25) is 0 Å². The van der Waals surface area contributed by atoms with Crippen LogP contribution < -0.4 is 5.56 Å². The predicted molar refractivity (Wildman–Crippen MR) is 60.0 cm³/mol. The van der Waals surface area contributed by atoms with Crippen molar-refractivity contribution in [2.75, 3.05) is 0 Å². The number of nitrogens with zero attached hydrogens (tertiary/aromatic N) is 1. The van der Waals surface area contributed by atoms with E-state index in [1.165, 1.54) is 0 Å². The summed E-state index contributed by atoms with van der Waals surface area (Å²) in [6.45, 7) is 1.86. The fourth-order valence-electron chi connectivity index (χ4n) is 1.46. The monoisotopic (exact) mass is 254 g/mol. The van der Waals surface area contributed by atoms with Crippen molar-refractivity contribution in [3.8, 4) is 11.3 Å². The molecule has 2 rings (SSSR count). The van der Waals surface area contributed by atoms with Gasteiger partial charge in [-0.2, -0.15) is 13.2 Å². The van der Waals surface area contributed by atoms with E-state index < -0.39 is 17.6 Å². The summed E-state index contributed by atoms with van der Waals surface area (Å²) in [5.74, 6) is -1.29. The number of rotatable bonds is 1. The summed E-state index contributed by atoms with van der Waals surface area (Å²) < 4.78 is 37.5. The fourth-order valence-corrected chi connectivity index (χ4v) is 1.46. The number of nitrogens with one attached hydrogen (secondary N) is 1. The van der Waals surface area contributed by atoms with Crippen LogP contribution in [-0.4, -0.2) is 9.97 Å². The molecular formula is C12H9F3N2O. The maximum atomic E-state index is 12.5. The Hall–Kier alpha value is -2.11. The van der Waals surface area contributed by atoms with Crippen molar-refractivity contribution in [3.05, 3.63) is 52.1 Å². The van der Waals surface area contributed by atoms with Crippen LogP contribution in [0.4, 0.5) is 13.2 Å². The van der Waals surface area contributed by atoms with Gasteiger partial charge >= 0.3 is 6.18 Å². The maximum absolute atomic E-state index is 12.5. The minimum absolute atomic E-state index is 0.00563. The highest BCUT2D eigenvalue weighted by atomic mass is 19.4. The van der Waals surface area contributed by atoms with Gasteiger partial charge in [-0.1, -0.05) is 29.8 Å². The van der Waals surface area contributed by atoms with E-state index in [1.54, 1.807) is 29.2 Å². The normalized spacial score (nSPS) is 11.6. The lowest BCUT2D eigenvalue weighted by Gasteiger charge is -2.07. The molecular weight excluding hydrogens is 245 g/mol. The van der Waals surface area contributed by atoms with Gasteiger partial charge in [0.05, 0.1) is 5.69 Å². The fraction of sp³-hybridized carbons (Fsp3) is 0.167. The largest absolute Gasteiger partial charge is 0.449 e. The molecule has 0 saturated carbocycles. The average Bonchev–Trinajstić information content (AvgIpc) is 2.28. The first kappa shape index (κ1) is 12.3. The Balaban J connectivity index is 2.55. The van der Waals surface area contributed by atoms with Crippen LogP contribution in [-0.2, 0) is 6.18 Å². The van der Waals surface area contributed by atoms with Gasteiger partial charge in [-0.3, -0.25) is 4.79 Å². The number of halogens is 3. The molecule has 0 amide bonds. The number of alkyl halides is 3. The molecule has 0 radical (unpaired) electrons. The van der Waals surface area contributed by atoms with Gasteiger partial charge in [-0.15, -0.1) is 0 Å². The second-order valence-corrected chi connectivity index (χ2v) is 3.84. The highest BCUT2D eigenvalue weighted by molar-refractivity contribution is 5.58. The molecule has 94 valence electrons. The SMILES string of the molecule is Cc1ccc(-c2cc(=O)[nH]c(C(F)(F)F)n2)cc1. The molecule has 0 aliphatic rings. The lowest BCUT2D eigenvalue weighted by Crippen LogP contribution is -2.18. The first-order chi connectivity index (χ1) is 8.36. The standard InChI is InChI=1S/C12H9F3N2O/c1-7-2-4-8(5-3-7)9-6-10(18)17-11(16-9)12(13,14)15/h2-6H,1H3,(H,16,17,18). The number of aromatic amines is 1. The Bertz CT molecular complexity index is 614. The molecule has 1 aromatic heterocycles. The minimum Gasteiger partial charge on any atom is -0.303 e. The minimum atomic E-state index is -4.67. The van der Waals surface area contributed by atoms with E-state index >= 15 is 0 Å². The summed E-state index contributed by atoms with van der Waals surface area (Å²) in [7, 11) is 0. The molecule has 0 bridgehead atoms. The third-order valence-corrected chi connectivity index (χ3v) is 2.36. The lowest BCUT2D eigenvalue weighted by atomic mass is 10.1. The summed E-state index contributed by atoms with van der Waals surface area (Å²) in [4.78, 5) is 16.3. The van der Waals surface area contributed by atoms with Gasteiger partial charge in [-0.05, 0) is 6.92 Å². The Labute approximate surface area is 100 Å². The maximum Gasteiger partial charge on any atom is 0.449 e. The van der Waals surface area contributed by atoms with Crippen LogP contribution in [0.1, 0.15) is 11.4 Å². The number of aromatic nitrogens is 2. The average molecular weight is 254 g/mol. The van der Waals surface area contributed by atoms with Gasteiger partial charge in [0.2, 0.25) is 5.82 Å². The molecule has 0 saturated heterocycles. The number of aryl methyl sites for hydroxylation is 1. The zero-order valence-corrected chi connectivity index (χ0v) is 9.38. The molecule has 0 unspecified atom stereocenters. The topological polar surface area (TPSA) is 45.8 Å². The molecule has 0 aliphatic heterocycles. The van der Waals surface area contributed by atoms with Crippen molar-refractivity contribution in [3.63, 3.8) is 0 Å². The second kappa shape index (κ2) is 4.29. The zero-order chi connectivity index (χ0) is 13.3. The molecule has 2 aromatic rings. The summed E-state index contributed by atoms with van der Waals surface area (Å²) in [6.07, 6.45) is -4.67. The van der Waals surface area contributed by atoms with Crippen LogP contribution in [0.3, 0.4) is 0 Å². The van der Waals surface area contributed by atoms with Crippen LogP contribution in [0.25, 0.3) is 11.3 Å². The Morgan fingerprint density at radius 1 is 1.17 bits per heavy atom. The lowest BCUT2D eigenvalue weighted by molar-refractivity contribution is -0.145. The van der Waals surface area contributed by atoms with Gasteiger partial charge in [0.15, 0.2) is 0 Å². The van der Waals surface area contributed by atoms with Gasteiger partial charge in [0.25, 0.3) is 5.56 Å². The first-order valence-corrected chi connectivity index (χ1v) is 5.12. The van der Waals surface area contributed by atoms with E-state index in [1.807, 2.05) is 6.92 Å². The molecule has 0 spiro atoms. The molecule has 6 heteroatoms. The Kier molecular flexibility index (Phi) is 2.94. The van der Waals surface area contributed by atoms with E-state index in [2.05, 4.69) is 4.98 Å². The zero-order valence-electron chi connectivity index (χ0n) is 9.38. The molecule has 1 heterocycles. The van der Waals surface area contributed by atoms with Crippen molar-refractivity contribution in [2.24, 2.45) is 0 Å². The van der Waals surface area contributed by atoms with Gasteiger partial charge < -0.3 is 4.98 Å². The van der Waals surface area contributed by atoms with Crippen molar-refractivity contribution in [1.82, 2.24) is 9.97 Å². The van der Waals surface area contributed by atoms with Crippen LogP contribution in [0.15, 0.2) is 35.1 Å². The summed E-state index contributed by atoms with van der Waals surface area (Å²) >= 11 is 0. The molecule has 0 fully saturated rings. The van der Waals surface area contributed by atoms with E-state index in [9.17, 15) is 18.0 Å². The Morgan fingerprint density at radius 3 is 2.33 bits per heavy atom.